The van der Waals surface area contributed by atoms with Crippen molar-refractivity contribution in [3.05, 3.63) is 101 Å². The predicted octanol–water partition coefficient (Wildman–Crippen LogP) is 3.46. The van der Waals surface area contributed by atoms with Gasteiger partial charge in [0, 0.05) is 35.8 Å². The summed E-state index contributed by atoms with van der Waals surface area (Å²) < 4.78 is 5.52. The Labute approximate surface area is 227 Å². The number of hydrogen-bond acceptors (Lipinski definition) is 5. The van der Waals surface area contributed by atoms with Gasteiger partial charge in [-0.3, -0.25) is 14.4 Å². The number of carboxylic acids is 1. The van der Waals surface area contributed by atoms with Gasteiger partial charge in [-0.15, -0.1) is 0 Å². The van der Waals surface area contributed by atoms with E-state index >= 15 is 0 Å². The number of hydrogen-bond donors (Lipinski definition) is 3. The van der Waals surface area contributed by atoms with Crippen molar-refractivity contribution in [2.24, 2.45) is 11.3 Å². The number of methoxy groups -OCH3 is 1. The van der Waals surface area contributed by atoms with E-state index < -0.39 is 35.3 Å². The summed E-state index contributed by atoms with van der Waals surface area (Å²) in [5, 5.41) is 15.6. The largest absolute Gasteiger partial charge is 0.496 e. The van der Waals surface area contributed by atoms with Gasteiger partial charge in [0.2, 0.25) is 5.91 Å². The molecule has 3 N–H and O–H groups in total. The maximum Gasteiger partial charge on any atom is 0.322 e. The van der Waals surface area contributed by atoms with E-state index in [9.17, 15) is 19.5 Å². The minimum atomic E-state index is -1.09. The number of fused-ring (bicyclic) bond motifs is 1. The lowest BCUT2D eigenvalue weighted by Crippen LogP contribution is -2.64. The minimum Gasteiger partial charge on any atom is -0.496 e. The molecule has 3 aromatic rings. The molecule has 0 spiro atoms. The first-order valence-corrected chi connectivity index (χ1v) is 13.5. The monoisotopic (exact) mass is 524 g/mol. The van der Waals surface area contributed by atoms with Crippen molar-refractivity contribution in [3.63, 3.8) is 0 Å². The summed E-state index contributed by atoms with van der Waals surface area (Å²) in [5.41, 5.74) is 2.60. The summed E-state index contributed by atoms with van der Waals surface area (Å²) in [6.07, 6.45) is 1.75. The number of rotatable bonds is 8. The molecule has 7 rings (SSSR count). The lowest BCUT2D eigenvalue weighted by molar-refractivity contribution is -0.145. The van der Waals surface area contributed by atoms with Crippen LogP contribution in [0.15, 0.2) is 78.9 Å². The fourth-order valence-electron chi connectivity index (χ4n) is 7.96. The number of para-hydroxylation sites is 1. The number of amides is 1. The zero-order chi connectivity index (χ0) is 27.2. The topological polar surface area (TPSA) is 105 Å². The van der Waals surface area contributed by atoms with Gasteiger partial charge in [0.15, 0.2) is 5.78 Å². The second-order valence-corrected chi connectivity index (χ2v) is 10.9. The van der Waals surface area contributed by atoms with Crippen LogP contribution in [0.2, 0.25) is 0 Å². The molecule has 1 heterocycles. The summed E-state index contributed by atoms with van der Waals surface area (Å²) in [5.74, 6) is -1.26. The molecular weight excluding hydrogens is 492 g/mol. The highest BCUT2D eigenvalue weighted by molar-refractivity contribution is 5.94. The first kappa shape index (κ1) is 25.3. The second-order valence-electron chi connectivity index (χ2n) is 10.9. The van der Waals surface area contributed by atoms with E-state index in [1.54, 1.807) is 7.11 Å². The number of ether oxygens (including phenoxy) is 1. The molecule has 2 fully saturated rings. The van der Waals surface area contributed by atoms with E-state index in [-0.39, 0.29) is 24.0 Å². The molecule has 1 saturated carbocycles. The Morgan fingerprint density at radius 2 is 1.72 bits per heavy atom. The van der Waals surface area contributed by atoms with Crippen LogP contribution in [0.4, 0.5) is 0 Å². The van der Waals surface area contributed by atoms with Crippen molar-refractivity contribution >= 4 is 17.7 Å². The van der Waals surface area contributed by atoms with Crippen LogP contribution in [0.25, 0.3) is 0 Å². The smallest absolute Gasteiger partial charge is 0.322 e. The van der Waals surface area contributed by atoms with Gasteiger partial charge in [0.25, 0.3) is 0 Å². The van der Waals surface area contributed by atoms with Crippen LogP contribution in [0.3, 0.4) is 0 Å². The maximum absolute atomic E-state index is 14.2. The molecule has 1 amide bonds. The highest BCUT2D eigenvalue weighted by Gasteiger charge is 2.71. The normalized spacial score (nSPS) is 28.3. The molecule has 1 saturated heterocycles. The van der Waals surface area contributed by atoms with E-state index in [2.05, 4.69) is 34.9 Å². The standard InChI is InChI=1S/C32H32N2O5/c1-39-26-14-8-5-9-20(26)17-25(35)28-29-31(21-10-3-2-4-11-21)16-15-24(22-12-6-7-13-23(22)31)32(29,19-34-28)30(38)33-18-27(36)37/h2-14,24,28-29,34H,15-19H2,1H3,(H,33,38)(H,36,37)/t24-,28?,29+,31-,32+/m1/s1. The number of benzene rings is 3. The molecule has 3 aliphatic carbocycles. The highest BCUT2D eigenvalue weighted by Crippen LogP contribution is 2.69. The number of nitrogens with one attached hydrogen (secondary N) is 2. The maximum atomic E-state index is 14.2. The quantitative estimate of drug-likeness (QED) is 0.417. The van der Waals surface area contributed by atoms with Gasteiger partial charge < -0.3 is 20.5 Å². The lowest BCUT2D eigenvalue weighted by Gasteiger charge is -2.61. The van der Waals surface area contributed by atoms with Crippen molar-refractivity contribution in [1.82, 2.24) is 10.6 Å². The number of carboxylic acid groups (broad SMARTS) is 1. The summed E-state index contributed by atoms with van der Waals surface area (Å²) in [4.78, 5) is 39.8. The zero-order valence-corrected chi connectivity index (χ0v) is 21.9. The Balaban J connectivity index is 1.53. The number of ketones is 1. The molecule has 200 valence electrons. The average molecular weight is 525 g/mol. The van der Waals surface area contributed by atoms with Gasteiger partial charge in [-0.2, -0.15) is 0 Å². The van der Waals surface area contributed by atoms with Crippen LogP contribution >= 0.6 is 0 Å². The molecule has 7 nitrogen and oxygen atoms in total. The first-order valence-electron chi connectivity index (χ1n) is 13.5. The Hall–Kier alpha value is -3.97. The predicted molar refractivity (Wildman–Crippen MR) is 146 cm³/mol. The molecule has 4 aliphatic rings. The molecule has 1 aliphatic heterocycles. The van der Waals surface area contributed by atoms with Crippen LogP contribution in [0.1, 0.15) is 41.0 Å². The van der Waals surface area contributed by atoms with Crippen molar-refractivity contribution < 1.29 is 24.2 Å². The molecule has 2 bridgehead atoms. The molecule has 5 atom stereocenters. The molecule has 3 aromatic carbocycles. The third-order valence-electron chi connectivity index (χ3n) is 9.32. The van der Waals surface area contributed by atoms with E-state index in [4.69, 9.17) is 4.74 Å². The molecule has 7 heteroatoms. The third-order valence-corrected chi connectivity index (χ3v) is 9.32. The van der Waals surface area contributed by atoms with Crippen LogP contribution in [-0.2, 0) is 26.2 Å². The van der Waals surface area contributed by atoms with E-state index in [1.165, 1.54) is 0 Å². The van der Waals surface area contributed by atoms with Gasteiger partial charge in [0.05, 0.1) is 18.6 Å². The summed E-state index contributed by atoms with van der Waals surface area (Å²) in [7, 11) is 1.59. The first-order chi connectivity index (χ1) is 18.9. The number of carbonyl (C=O) groups excluding carboxylic acids is 2. The van der Waals surface area contributed by atoms with Crippen molar-refractivity contribution in [1.29, 1.82) is 0 Å². The van der Waals surface area contributed by atoms with Crippen LogP contribution in [-0.4, -0.2) is 49.0 Å². The number of Topliss-reactive ketones (excluding diaryl/α,β-unsaturated/α-hetero) is 1. The number of carbonyl (C=O) groups is 3. The highest BCUT2D eigenvalue weighted by atomic mass is 16.5. The molecule has 1 unspecified atom stereocenters. The second kappa shape index (κ2) is 9.65. The van der Waals surface area contributed by atoms with E-state index in [0.29, 0.717) is 12.3 Å². The van der Waals surface area contributed by atoms with Crippen LogP contribution < -0.4 is 15.4 Å². The molecule has 39 heavy (non-hydrogen) atoms. The van der Waals surface area contributed by atoms with Crippen molar-refractivity contribution in [3.8, 4) is 5.75 Å². The Morgan fingerprint density at radius 1 is 1.00 bits per heavy atom. The Kier molecular flexibility index (Phi) is 6.26. The minimum absolute atomic E-state index is 0.00209. The summed E-state index contributed by atoms with van der Waals surface area (Å²) in [6, 6.07) is 25.4. The molecule has 0 radical (unpaired) electrons. The summed E-state index contributed by atoms with van der Waals surface area (Å²) >= 11 is 0. The third kappa shape index (κ3) is 3.71. The zero-order valence-electron chi connectivity index (χ0n) is 21.9. The van der Waals surface area contributed by atoms with Crippen molar-refractivity contribution in [2.75, 3.05) is 20.2 Å². The van der Waals surface area contributed by atoms with Gasteiger partial charge in [-0.25, -0.2) is 0 Å². The SMILES string of the molecule is COc1ccccc1CC(=O)C1NC[C@]2(C(=O)NCC(=O)O)[C@@H]3CC[C@@](c4ccccc4)(c4ccccc43)[C@H]12. The van der Waals surface area contributed by atoms with Gasteiger partial charge in [-0.05, 0) is 35.6 Å². The molecular formula is C32H32N2O5. The van der Waals surface area contributed by atoms with E-state index in [0.717, 1.165) is 35.1 Å². The molecule has 0 aromatic heterocycles. The Morgan fingerprint density at radius 3 is 2.49 bits per heavy atom. The fraction of sp³-hybridized carbons (Fsp3) is 0.344. The van der Waals surface area contributed by atoms with Crippen LogP contribution in [0, 0.1) is 11.3 Å². The fourth-order valence-corrected chi connectivity index (χ4v) is 7.96. The van der Waals surface area contributed by atoms with Crippen molar-refractivity contribution in [2.45, 2.75) is 36.6 Å². The van der Waals surface area contributed by atoms with Crippen LogP contribution in [0.5, 0.6) is 5.75 Å². The number of aliphatic carboxylic acids is 1. The Bertz CT molecular complexity index is 1440. The van der Waals surface area contributed by atoms with Gasteiger partial charge in [-0.1, -0.05) is 72.8 Å². The van der Waals surface area contributed by atoms with Gasteiger partial charge >= 0.3 is 5.97 Å². The van der Waals surface area contributed by atoms with Gasteiger partial charge in [0.1, 0.15) is 12.3 Å². The van der Waals surface area contributed by atoms with E-state index in [1.807, 2.05) is 54.6 Å². The average Bonchev–Trinajstić information content (AvgIpc) is 3.41. The lowest BCUT2D eigenvalue weighted by atomic mass is 9.40. The summed E-state index contributed by atoms with van der Waals surface area (Å²) in [6.45, 7) is -0.154.